The van der Waals surface area contributed by atoms with E-state index in [1.165, 1.54) is 0 Å². The van der Waals surface area contributed by atoms with Gasteiger partial charge in [-0.2, -0.15) is 17.2 Å². The number of hydrogen-bond acceptors (Lipinski definition) is 2. The molecule has 0 amide bonds. The van der Waals surface area contributed by atoms with Crippen LogP contribution in [0.25, 0.3) is 0 Å². The van der Waals surface area contributed by atoms with Crippen LogP contribution in [0.15, 0.2) is 0 Å². The maximum absolute atomic E-state index is 13.1. The number of alkyl halides is 2. The van der Waals surface area contributed by atoms with Crippen LogP contribution < -0.4 is 0 Å². The van der Waals surface area contributed by atoms with Crippen LogP contribution in [0.4, 0.5) is 8.78 Å². The lowest BCUT2D eigenvalue weighted by molar-refractivity contribution is 0.0423. The van der Waals surface area contributed by atoms with Gasteiger partial charge in [0.2, 0.25) is 0 Å². The van der Waals surface area contributed by atoms with Crippen molar-refractivity contribution in [2.45, 2.75) is 37.4 Å². The molecule has 15 heavy (non-hydrogen) atoms. The first-order valence-corrected chi connectivity index (χ1v) is 6.58. The normalized spacial score (nSPS) is 36.1. The van der Waals surface area contributed by atoms with E-state index in [0.29, 0.717) is 12.3 Å². The maximum Gasteiger partial charge on any atom is 0.370 e. The van der Waals surface area contributed by atoms with Crippen LogP contribution >= 0.6 is 0 Å². The molecule has 88 valence electrons. The van der Waals surface area contributed by atoms with Crippen molar-refractivity contribution in [2.24, 2.45) is 17.8 Å². The standard InChI is InChI=1S/C9H14F2O3S/c10-9(11,15(12,13)14)5-8-4-6-1-2-7(8)3-6/h6-8H,1-5H2,(H,12,13,14). The molecule has 2 aliphatic carbocycles. The first-order valence-electron chi connectivity index (χ1n) is 5.14. The average molecular weight is 240 g/mol. The highest BCUT2D eigenvalue weighted by molar-refractivity contribution is 7.86. The smallest absolute Gasteiger partial charge is 0.281 e. The van der Waals surface area contributed by atoms with Gasteiger partial charge in [0.15, 0.2) is 0 Å². The van der Waals surface area contributed by atoms with E-state index in [0.717, 1.165) is 19.3 Å². The monoisotopic (exact) mass is 240 g/mol. The lowest BCUT2D eigenvalue weighted by Crippen LogP contribution is -2.32. The first kappa shape index (κ1) is 11.3. The lowest BCUT2D eigenvalue weighted by atomic mass is 9.86. The fourth-order valence-electron chi connectivity index (χ4n) is 3.04. The molecular weight excluding hydrogens is 226 g/mol. The van der Waals surface area contributed by atoms with Crippen LogP contribution in [-0.2, 0) is 10.1 Å². The van der Waals surface area contributed by atoms with Crippen molar-refractivity contribution in [3.63, 3.8) is 0 Å². The van der Waals surface area contributed by atoms with Gasteiger partial charge in [-0.1, -0.05) is 6.42 Å². The Labute approximate surface area is 87.6 Å². The molecule has 0 aromatic rings. The summed E-state index contributed by atoms with van der Waals surface area (Å²) in [7, 11) is -5.24. The number of fused-ring (bicyclic) bond motifs is 2. The Morgan fingerprint density at radius 3 is 2.33 bits per heavy atom. The van der Waals surface area contributed by atoms with E-state index in [1.807, 2.05) is 0 Å². The Morgan fingerprint density at radius 1 is 1.27 bits per heavy atom. The third kappa shape index (κ3) is 2.01. The van der Waals surface area contributed by atoms with Gasteiger partial charge >= 0.3 is 15.4 Å². The molecule has 2 bridgehead atoms. The summed E-state index contributed by atoms with van der Waals surface area (Å²) >= 11 is 0. The Morgan fingerprint density at radius 2 is 1.93 bits per heavy atom. The van der Waals surface area contributed by atoms with E-state index >= 15 is 0 Å². The largest absolute Gasteiger partial charge is 0.370 e. The van der Waals surface area contributed by atoms with Gasteiger partial charge in [0.1, 0.15) is 0 Å². The zero-order chi connectivity index (χ0) is 11.3. The van der Waals surface area contributed by atoms with Gasteiger partial charge in [0, 0.05) is 6.42 Å². The minimum atomic E-state index is -5.24. The molecule has 0 saturated heterocycles. The van der Waals surface area contributed by atoms with Crippen LogP contribution in [0, 0.1) is 17.8 Å². The summed E-state index contributed by atoms with van der Waals surface area (Å²) in [6.07, 6.45) is 2.94. The molecule has 1 N–H and O–H groups in total. The third-order valence-corrected chi connectivity index (χ3v) is 4.68. The van der Waals surface area contributed by atoms with Crippen molar-refractivity contribution < 1.29 is 21.8 Å². The summed E-state index contributed by atoms with van der Waals surface area (Å²) in [5, 5.41) is -3.97. The Balaban J connectivity index is 2.04. The van der Waals surface area contributed by atoms with Crippen LogP contribution in [0.1, 0.15) is 32.1 Å². The molecule has 3 nitrogen and oxygen atoms in total. The molecule has 3 atom stereocenters. The van der Waals surface area contributed by atoms with E-state index in [1.54, 1.807) is 0 Å². The van der Waals surface area contributed by atoms with Crippen molar-refractivity contribution in [1.29, 1.82) is 0 Å². The summed E-state index contributed by atoms with van der Waals surface area (Å²) in [5.41, 5.74) is 0. The highest BCUT2D eigenvalue weighted by Crippen LogP contribution is 2.51. The lowest BCUT2D eigenvalue weighted by Gasteiger charge is -2.24. The number of hydrogen-bond donors (Lipinski definition) is 1. The fraction of sp³-hybridized carbons (Fsp3) is 1.00. The number of halogens is 2. The Bertz CT molecular complexity index is 352. The number of rotatable bonds is 3. The van der Waals surface area contributed by atoms with Crippen LogP contribution in [0.5, 0.6) is 0 Å². The van der Waals surface area contributed by atoms with Gasteiger partial charge in [0.05, 0.1) is 0 Å². The molecule has 2 fully saturated rings. The zero-order valence-corrected chi connectivity index (χ0v) is 9.01. The van der Waals surface area contributed by atoms with E-state index < -0.39 is 21.8 Å². The minimum absolute atomic E-state index is 0.235. The molecule has 0 aliphatic heterocycles. The molecule has 0 aromatic heterocycles. The summed E-state index contributed by atoms with van der Waals surface area (Å²) in [6.45, 7) is 0. The predicted molar refractivity (Wildman–Crippen MR) is 50.1 cm³/mol. The molecule has 2 rings (SSSR count). The van der Waals surface area contributed by atoms with Gasteiger partial charge in [-0.05, 0) is 37.0 Å². The van der Waals surface area contributed by atoms with Crippen molar-refractivity contribution >= 4 is 10.1 Å². The highest BCUT2D eigenvalue weighted by Gasteiger charge is 2.50. The topological polar surface area (TPSA) is 54.4 Å². The molecular formula is C9H14F2O3S. The van der Waals surface area contributed by atoms with E-state index in [9.17, 15) is 17.2 Å². The molecule has 0 radical (unpaired) electrons. The second kappa shape index (κ2) is 3.38. The second-order valence-corrected chi connectivity index (χ2v) is 6.30. The molecule has 2 saturated carbocycles. The maximum atomic E-state index is 13.1. The fourth-order valence-corrected chi connectivity index (χ4v) is 3.46. The quantitative estimate of drug-likeness (QED) is 0.770. The summed E-state index contributed by atoms with van der Waals surface area (Å²) in [6, 6.07) is 0. The van der Waals surface area contributed by atoms with Gasteiger partial charge in [-0.25, -0.2) is 0 Å². The van der Waals surface area contributed by atoms with Gasteiger partial charge in [-0.15, -0.1) is 0 Å². The van der Waals surface area contributed by atoms with Gasteiger partial charge in [0.25, 0.3) is 0 Å². The van der Waals surface area contributed by atoms with Crippen molar-refractivity contribution in [2.75, 3.05) is 0 Å². The van der Waals surface area contributed by atoms with Crippen molar-refractivity contribution in [3.8, 4) is 0 Å². The summed E-state index contributed by atoms with van der Waals surface area (Å²) in [5.74, 6) is 0.500. The SMILES string of the molecule is O=S(=O)(O)C(F)(F)CC1CC2CCC1C2. The molecule has 2 aliphatic rings. The van der Waals surface area contributed by atoms with Gasteiger partial charge < -0.3 is 0 Å². The Kier molecular flexibility index (Phi) is 2.54. The van der Waals surface area contributed by atoms with Crippen molar-refractivity contribution in [1.82, 2.24) is 0 Å². The molecule has 0 heterocycles. The zero-order valence-electron chi connectivity index (χ0n) is 8.20. The first-order chi connectivity index (χ1) is 6.79. The van der Waals surface area contributed by atoms with E-state index in [4.69, 9.17) is 4.55 Å². The van der Waals surface area contributed by atoms with Crippen molar-refractivity contribution in [3.05, 3.63) is 0 Å². The van der Waals surface area contributed by atoms with E-state index in [2.05, 4.69) is 0 Å². The molecule has 6 heteroatoms. The van der Waals surface area contributed by atoms with Gasteiger partial charge in [-0.3, -0.25) is 4.55 Å². The van der Waals surface area contributed by atoms with Crippen LogP contribution in [0.2, 0.25) is 0 Å². The second-order valence-electron chi connectivity index (χ2n) is 4.75. The minimum Gasteiger partial charge on any atom is -0.281 e. The third-order valence-electron chi connectivity index (χ3n) is 3.76. The highest BCUT2D eigenvalue weighted by atomic mass is 32.2. The molecule has 0 spiro atoms. The summed E-state index contributed by atoms with van der Waals surface area (Å²) in [4.78, 5) is 0. The molecule has 3 unspecified atom stereocenters. The summed E-state index contributed by atoms with van der Waals surface area (Å²) < 4.78 is 55.4. The Hall–Kier alpha value is -0.230. The average Bonchev–Trinajstić information content (AvgIpc) is 2.61. The van der Waals surface area contributed by atoms with E-state index in [-0.39, 0.29) is 11.8 Å². The van der Waals surface area contributed by atoms with Crippen LogP contribution in [-0.4, -0.2) is 18.2 Å². The van der Waals surface area contributed by atoms with Crippen LogP contribution in [0.3, 0.4) is 0 Å². The predicted octanol–water partition coefficient (Wildman–Crippen LogP) is 2.29. The molecule has 0 aromatic carbocycles.